The summed E-state index contributed by atoms with van der Waals surface area (Å²) >= 11 is 0. The van der Waals surface area contributed by atoms with Crippen LogP contribution in [0.3, 0.4) is 0 Å². The number of carbonyl (C=O) groups is 2. The number of hydrogen-bond donors (Lipinski definition) is 0. The molecule has 3 aliphatic rings. The van der Waals surface area contributed by atoms with Crippen LogP contribution in [0.4, 0.5) is 9.59 Å². The number of carbonyl (C=O) groups excluding carboxylic acids is 2. The van der Waals surface area contributed by atoms with Gasteiger partial charge in [0, 0.05) is 0 Å². The zero-order valence-electron chi connectivity index (χ0n) is 18.3. The number of hydrogen-bond acceptors (Lipinski definition) is 8. The summed E-state index contributed by atoms with van der Waals surface area (Å²) in [4.78, 5) is 26.6. The highest BCUT2D eigenvalue weighted by Crippen LogP contribution is 2.39. The van der Waals surface area contributed by atoms with Crippen molar-refractivity contribution in [1.82, 2.24) is 4.90 Å². The molecule has 0 N–H and O–H groups in total. The highest BCUT2D eigenvalue weighted by molar-refractivity contribution is 5.90. The molecule has 32 heavy (non-hydrogen) atoms. The first-order valence-corrected chi connectivity index (χ1v) is 10.8. The Morgan fingerprint density at radius 1 is 1.28 bits per heavy atom. The zero-order valence-corrected chi connectivity index (χ0v) is 18.3. The lowest BCUT2D eigenvalue weighted by Gasteiger charge is -2.48. The molecule has 0 bridgehead atoms. The summed E-state index contributed by atoms with van der Waals surface area (Å²) in [5.74, 6) is -0.875. The molecule has 9 heteroatoms. The Morgan fingerprint density at radius 2 is 2.06 bits per heavy atom. The number of benzene rings is 1. The van der Waals surface area contributed by atoms with Gasteiger partial charge in [-0.05, 0) is 32.3 Å². The van der Waals surface area contributed by atoms with Gasteiger partial charge in [-0.2, -0.15) is 4.90 Å². The van der Waals surface area contributed by atoms with E-state index in [2.05, 4.69) is 6.58 Å². The largest absolute Gasteiger partial charge is 0.444 e. The summed E-state index contributed by atoms with van der Waals surface area (Å²) in [6, 6.07) is 8.37. The van der Waals surface area contributed by atoms with Gasteiger partial charge in [0.1, 0.15) is 24.9 Å². The van der Waals surface area contributed by atoms with E-state index in [1.807, 2.05) is 30.3 Å². The van der Waals surface area contributed by atoms with Gasteiger partial charge in [0.25, 0.3) is 0 Å². The fourth-order valence-electron chi connectivity index (χ4n) is 4.06. The van der Waals surface area contributed by atoms with E-state index in [4.69, 9.17) is 28.4 Å². The Labute approximate surface area is 187 Å². The van der Waals surface area contributed by atoms with Crippen molar-refractivity contribution >= 4 is 12.2 Å². The predicted octanol–water partition coefficient (Wildman–Crippen LogP) is 3.37. The zero-order chi connectivity index (χ0) is 22.7. The second kappa shape index (κ2) is 9.58. The van der Waals surface area contributed by atoms with Crippen molar-refractivity contribution in [1.29, 1.82) is 0 Å². The van der Waals surface area contributed by atoms with Gasteiger partial charge in [0.05, 0.1) is 13.2 Å². The maximum atomic E-state index is 12.9. The van der Waals surface area contributed by atoms with Crippen LogP contribution < -0.4 is 0 Å². The monoisotopic (exact) mass is 447 g/mol. The Kier molecular flexibility index (Phi) is 6.80. The third-order valence-electron chi connectivity index (χ3n) is 5.60. The number of rotatable bonds is 7. The predicted molar refractivity (Wildman–Crippen MR) is 111 cm³/mol. The van der Waals surface area contributed by atoms with Crippen molar-refractivity contribution in [3.05, 3.63) is 48.6 Å². The minimum atomic E-state index is -0.893. The lowest BCUT2D eigenvalue weighted by atomic mass is 9.95. The van der Waals surface area contributed by atoms with Gasteiger partial charge in [-0.3, -0.25) is 0 Å². The summed E-state index contributed by atoms with van der Waals surface area (Å²) in [5, 5.41) is 0. The molecule has 0 aromatic heterocycles. The molecule has 0 aliphatic carbocycles. The molecule has 3 saturated heterocycles. The van der Waals surface area contributed by atoms with Crippen molar-refractivity contribution in [2.24, 2.45) is 0 Å². The molecule has 2 amide bonds. The molecule has 9 nitrogen and oxygen atoms in total. The molecule has 3 fully saturated rings. The normalized spacial score (nSPS) is 30.8. The molecule has 5 atom stereocenters. The maximum Gasteiger partial charge on any atom is 0.420 e. The van der Waals surface area contributed by atoms with Crippen molar-refractivity contribution in [2.75, 3.05) is 13.2 Å². The summed E-state index contributed by atoms with van der Waals surface area (Å²) in [6.45, 7) is 7.90. The number of ether oxygens (including phenoxy) is 6. The van der Waals surface area contributed by atoms with Gasteiger partial charge in [-0.1, -0.05) is 36.4 Å². The van der Waals surface area contributed by atoms with Gasteiger partial charge in [-0.15, -0.1) is 6.58 Å². The molecule has 0 spiro atoms. The van der Waals surface area contributed by atoms with E-state index in [-0.39, 0.29) is 13.2 Å². The van der Waals surface area contributed by atoms with Crippen LogP contribution in [0, 0.1) is 0 Å². The summed E-state index contributed by atoms with van der Waals surface area (Å²) in [7, 11) is 0. The fourth-order valence-corrected chi connectivity index (χ4v) is 4.06. The molecule has 0 unspecified atom stereocenters. The van der Waals surface area contributed by atoms with Crippen molar-refractivity contribution < 1.29 is 38.0 Å². The van der Waals surface area contributed by atoms with Crippen LogP contribution in [0.5, 0.6) is 0 Å². The number of nitrogens with zero attached hydrogens (tertiary/aromatic N) is 1. The number of allylic oxidation sites excluding steroid dienone is 1. The van der Waals surface area contributed by atoms with Crippen LogP contribution in [-0.4, -0.2) is 66.7 Å². The minimum Gasteiger partial charge on any atom is -0.444 e. The summed E-state index contributed by atoms with van der Waals surface area (Å²) < 4.78 is 34.7. The quantitative estimate of drug-likeness (QED) is 0.464. The van der Waals surface area contributed by atoms with Crippen LogP contribution in [0.25, 0.3) is 0 Å². The van der Waals surface area contributed by atoms with E-state index in [0.717, 1.165) is 23.3 Å². The second-order valence-electron chi connectivity index (χ2n) is 8.39. The molecule has 1 aromatic carbocycles. The smallest absolute Gasteiger partial charge is 0.420 e. The van der Waals surface area contributed by atoms with Crippen molar-refractivity contribution in [3.8, 4) is 0 Å². The highest BCUT2D eigenvalue weighted by Gasteiger charge is 2.61. The molecule has 0 radical (unpaired) electrons. The lowest BCUT2D eigenvalue weighted by molar-refractivity contribution is -0.365. The van der Waals surface area contributed by atoms with Crippen LogP contribution in [-0.2, 0) is 35.0 Å². The molecule has 0 saturated carbocycles. The second-order valence-corrected chi connectivity index (χ2v) is 8.39. The maximum absolute atomic E-state index is 12.9. The molecule has 1 aromatic rings. The molecule has 3 aliphatic heterocycles. The average molecular weight is 447 g/mol. The van der Waals surface area contributed by atoms with Gasteiger partial charge >= 0.3 is 12.2 Å². The molecular formula is C23H29NO8. The molecule has 4 rings (SSSR count). The molecule has 3 heterocycles. The topological polar surface area (TPSA) is 92.8 Å². The Balaban J connectivity index is 1.52. The number of unbranched alkanes of at least 4 members (excludes halogenated alkanes) is 1. The van der Waals surface area contributed by atoms with Crippen LogP contribution in [0.15, 0.2) is 43.0 Å². The van der Waals surface area contributed by atoms with E-state index in [1.165, 1.54) is 0 Å². The Bertz CT molecular complexity index is 829. The SMILES string of the molecule is C=CCCCO[C@H]1O[C@@H]2COC(C)(C)O[C@H]2[C@@H]2OC(=O)N(C(=O)OCc3ccccc3)[C@H]12. The van der Waals surface area contributed by atoms with E-state index < -0.39 is 48.6 Å². The number of fused-ring (bicyclic) bond motifs is 3. The lowest BCUT2D eigenvalue weighted by Crippen LogP contribution is -2.66. The summed E-state index contributed by atoms with van der Waals surface area (Å²) in [6.07, 6.45) is -1.10. The summed E-state index contributed by atoms with van der Waals surface area (Å²) in [5.41, 5.74) is 0.802. The van der Waals surface area contributed by atoms with Gasteiger partial charge in [0.15, 0.2) is 18.2 Å². The van der Waals surface area contributed by atoms with Crippen LogP contribution >= 0.6 is 0 Å². The molecular weight excluding hydrogens is 418 g/mol. The van der Waals surface area contributed by atoms with Crippen LogP contribution in [0.2, 0.25) is 0 Å². The minimum absolute atomic E-state index is 0.0238. The first-order chi connectivity index (χ1) is 15.4. The van der Waals surface area contributed by atoms with Crippen LogP contribution in [0.1, 0.15) is 32.3 Å². The van der Waals surface area contributed by atoms with E-state index >= 15 is 0 Å². The van der Waals surface area contributed by atoms with E-state index in [9.17, 15) is 9.59 Å². The first-order valence-electron chi connectivity index (χ1n) is 10.8. The highest BCUT2D eigenvalue weighted by atomic mass is 16.8. The molecule has 174 valence electrons. The number of imide groups is 1. The number of amides is 2. The fraction of sp³-hybridized carbons (Fsp3) is 0.565. The van der Waals surface area contributed by atoms with E-state index in [1.54, 1.807) is 19.9 Å². The third kappa shape index (κ3) is 4.80. The van der Waals surface area contributed by atoms with Crippen molar-refractivity contribution in [2.45, 2.75) is 69.7 Å². The van der Waals surface area contributed by atoms with Gasteiger partial charge in [-0.25, -0.2) is 9.59 Å². The third-order valence-corrected chi connectivity index (χ3v) is 5.60. The van der Waals surface area contributed by atoms with E-state index in [0.29, 0.717) is 6.61 Å². The first kappa shape index (κ1) is 22.7. The average Bonchev–Trinajstić information content (AvgIpc) is 3.13. The Morgan fingerprint density at radius 3 is 2.81 bits per heavy atom. The van der Waals surface area contributed by atoms with Gasteiger partial charge < -0.3 is 28.4 Å². The Hall–Kier alpha value is -2.46. The van der Waals surface area contributed by atoms with Gasteiger partial charge in [0.2, 0.25) is 0 Å². The van der Waals surface area contributed by atoms with Crippen molar-refractivity contribution in [3.63, 3.8) is 0 Å². The standard InChI is InChI=1S/C23H29NO8/c1-4-5-9-12-27-20-17-19(18-16(30-20)14-29-23(2,3)32-18)31-22(26)24(17)21(25)28-13-15-10-7-6-8-11-15/h4,6-8,10-11,16-20H,1,5,9,12-14H2,2-3H3/t16-,17+,18-,19-,20+/m1/s1.